The molecule has 0 fully saturated rings. The molecule has 0 aliphatic rings. The van der Waals surface area contributed by atoms with Crippen LogP contribution in [0.1, 0.15) is 174 Å². The first kappa shape index (κ1) is 30.5. The molecule has 2 nitrogen and oxygen atoms in total. The second-order valence-electron chi connectivity index (χ2n) is 9.75. The number of carbonyl (C=O) groups excluding carboxylic acids is 1. The summed E-state index contributed by atoms with van der Waals surface area (Å²) in [6.45, 7) is 5.02. The third kappa shape index (κ3) is 27.4. The fourth-order valence-corrected chi connectivity index (χ4v) is 4.28. The molecular weight excluding hydrogens is 380 g/mol. The zero-order valence-electron chi connectivity index (χ0n) is 21.7. The molecule has 0 aliphatic carbocycles. The quantitative estimate of drug-likeness (QED) is 0.0991. The maximum Gasteiger partial charge on any atom is 0.305 e. The van der Waals surface area contributed by atoms with Gasteiger partial charge >= 0.3 is 5.97 Å². The van der Waals surface area contributed by atoms with E-state index in [9.17, 15) is 4.79 Å². The SMILES string of the molecule is CCCCCCCCCCCCCCCCCCCCCCCCC(=O)OCCCC. The van der Waals surface area contributed by atoms with Gasteiger partial charge in [-0.3, -0.25) is 4.79 Å². The van der Waals surface area contributed by atoms with Gasteiger partial charge in [0.05, 0.1) is 6.61 Å². The third-order valence-electron chi connectivity index (χ3n) is 6.50. The van der Waals surface area contributed by atoms with Gasteiger partial charge in [-0.05, 0) is 12.8 Å². The van der Waals surface area contributed by atoms with Gasteiger partial charge in [-0.15, -0.1) is 0 Å². The maximum atomic E-state index is 11.5. The highest BCUT2D eigenvalue weighted by atomic mass is 16.5. The predicted molar refractivity (Wildman–Crippen MR) is 138 cm³/mol. The van der Waals surface area contributed by atoms with Crippen molar-refractivity contribution in [2.45, 2.75) is 174 Å². The molecule has 2 heteroatoms. The second-order valence-corrected chi connectivity index (χ2v) is 9.75. The number of carbonyl (C=O) groups is 1. The van der Waals surface area contributed by atoms with E-state index in [0.29, 0.717) is 13.0 Å². The lowest BCUT2D eigenvalue weighted by Gasteiger charge is -2.05. The lowest BCUT2D eigenvalue weighted by atomic mass is 10.0. The normalized spacial score (nSPS) is 11.2. The van der Waals surface area contributed by atoms with E-state index in [-0.39, 0.29) is 5.97 Å². The van der Waals surface area contributed by atoms with Crippen LogP contribution in [0.25, 0.3) is 0 Å². The van der Waals surface area contributed by atoms with Gasteiger partial charge < -0.3 is 4.74 Å². The van der Waals surface area contributed by atoms with Crippen LogP contribution in [0.15, 0.2) is 0 Å². The van der Waals surface area contributed by atoms with Gasteiger partial charge in [0.25, 0.3) is 0 Å². The molecule has 0 spiro atoms. The highest BCUT2D eigenvalue weighted by molar-refractivity contribution is 5.69. The second kappa shape index (κ2) is 27.5. The first-order chi connectivity index (χ1) is 15.3. The van der Waals surface area contributed by atoms with Gasteiger partial charge in [0.1, 0.15) is 0 Å². The van der Waals surface area contributed by atoms with E-state index in [1.807, 2.05) is 0 Å². The Labute approximate surface area is 196 Å². The Balaban J connectivity index is 3.06. The molecule has 0 aromatic heterocycles. The molecule has 0 saturated carbocycles. The van der Waals surface area contributed by atoms with Crippen LogP contribution in [0.2, 0.25) is 0 Å². The average Bonchev–Trinajstić information content (AvgIpc) is 2.77. The summed E-state index contributed by atoms with van der Waals surface area (Å²) in [5.41, 5.74) is 0. The van der Waals surface area contributed by atoms with Crippen molar-refractivity contribution >= 4 is 5.97 Å². The molecule has 0 aromatic rings. The van der Waals surface area contributed by atoms with E-state index in [1.54, 1.807) is 0 Å². The third-order valence-corrected chi connectivity index (χ3v) is 6.50. The van der Waals surface area contributed by atoms with E-state index in [1.165, 1.54) is 135 Å². The van der Waals surface area contributed by atoms with Crippen molar-refractivity contribution in [3.05, 3.63) is 0 Å². The summed E-state index contributed by atoms with van der Waals surface area (Å²) >= 11 is 0. The lowest BCUT2D eigenvalue weighted by molar-refractivity contribution is -0.143. The van der Waals surface area contributed by atoms with Crippen molar-refractivity contribution in [3.63, 3.8) is 0 Å². The Morgan fingerprint density at radius 2 is 0.710 bits per heavy atom. The Hall–Kier alpha value is -0.530. The molecule has 0 heterocycles. The van der Waals surface area contributed by atoms with Gasteiger partial charge in [-0.2, -0.15) is 0 Å². The Morgan fingerprint density at radius 1 is 0.419 bits per heavy atom. The van der Waals surface area contributed by atoms with Crippen LogP contribution in [0.3, 0.4) is 0 Å². The molecular formula is C29H58O2. The van der Waals surface area contributed by atoms with Crippen molar-refractivity contribution in [1.29, 1.82) is 0 Å². The first-order valence-electron chi connectivity index (χ1n) is 14.5. The predicted octanol–water partition coefficient (Wildman–Crippen LogP) is 10.3. The fraction of sp³-hybridized carbons (Fsp3) is 0.966. The van der Waals surface area contributed by atoms with E-state index in [0.717, 1.165) is 19.3 Å². The minimum Gasteiger partial charge on any atom is -0.466 e. The number of hydrogen-bond acceptors (Lipinski definition) is 2. The zero-order chi connectivity index (χ0) is 22.7. The monoisotopic (exact) mass is 438 g/mol. The van der Waals surface area contributed by atoms with Crippen molar-refractivity contribution in [2.24, 2.45) is 0 Å². The van der Waals surface area contributed by atoms with Gasteiger partial charge in [0.15, 0.2) is 0 Å². The van der Waals surface area contributed by atoms with E-state index >= 15 is 0 Å². The molecule has 186 valence electrons. The molecule has 0 atom stereocenters. The van der Waals surface area contributed by atoms with Crippen LogP contribution in [-0.4, -0.2) is 12.6 Å². The topological polar surface area (TPSA) is 26.3 Å². The molecule has 0 aliphatic heterocycles. The number of esters is 1. The molecule has 0 radical (unpaired) electrons. The number of hydrogen-bond donors (Lipinski definition) is 0. The van der Waals surface area contributed by atoms with Crippen LogP contribution in [0.4, 0.5) is 0 Å². The molecule has 0 amide bonds. The number of unbranched alkanes of at least 4 members (excludes halogenated alkanes) is 22. The molecule has 0 rings (SSSR count). The summed E-state index contributed by atoms with van der Waals surface area (Å²) in [5, 5.41) is 0. The number of rotatable bonds is 26. The van der Waals surface area contributed by atoms with E-state index in [2.05, 4.69) is 13.8 Å². The molecule has 0 aromatic carbocycles. The van der Waals surface area contributed by atoms with Crippen LogP contribution < -0.4 is 0 Å². The van der Waals surface area contributed by atoms with Crippen molar-refractivity contribution in [1.82, 2.24) is 0 Å². The Bertz CT molecular complexity index is 340. The summed E-state index contributed by atoms with van der Waals surface area (Å²) in [4.78, 5) is 11.5. The fourth-order valence-electron chi connectivity index (χ4n) is 4.28. The Kier molecular flexibility index (Phi) is 27.0. The molecule has 0 unspecified atom stereocenters. The Morgan fingerprint density at radius 3 is 1.03 bits per heavy atom. The van der Waals surface area contributed by atoms with Crippen molar-refractivity contribution < 1.29 is 9.53 Å². The molecule has 0 bridgehead atoms. The number of ether oxygens (including phenoxy) is 1. The zero-order valence-corrected chi connectivity index (χ0v) is 21.7. The standard InChI is InChI=1S/C29H58O2/c1-3-5-7-8-9-10-11-12-13-14-15-16-17-18-19-20-21-22-23-24-25-26-27-29(30)31-28-6-4-2/h3-28H2,1-2H3. The smallest absolute Gasteiger partial charge is 0.305 e. The highest BCUT2D eigenvalue weighted by Crippen LogP contribution is 2.15. The maximum absolute atomic E-state index is 11.5. The van der Waals surface area contributed by atoms with Gasteiger partial charge in [-0.25, -0.2) is 0 Å². The van der Waals surface area contributed by atoms with Crippen LogP contribution in [0.5, 0.6) is 0 Å². The minimum atomic E-state index is 0.00150. The highest BCUT2D eigenvalue weighted by Gasteiger charge is 2.02. The summed E-state index contributed by atoms with van der Waals surface area (Å²) in [6, 6.07) is 0. The van der Waals surface area contributed by atoms with Crippen LogP contribution >= 0.6 is 0 Å². The average molecular weight is 439 g/mol. The summed E-state index contributed by atoms with van der Waals surface area (Å²) in [7, 11) is 0. The van der Waals surface area contributed by atoms with Gasteiger partial charge in [0, 0.05) is 6.42 Å². The molecule has 0 N–H and O–H groups in total. The molecule has 31 heavy (non-hydrogen) atoms. The first-order valence-corrected chi connectivity index (χ1v) is 14.5. The molecule has 0 saturated heterocycles. The van der Waals surface area contributed by atoms with Crippen molar-refractivity contribution in [2.75, 3.05) is 6.61 Å². The summed E-state index contributed by atoms with van der Waals surface area (Å²) < 4.78 is 5.19. The lowest BCUT2D eigenvalue weighted by Crippen LogP contribution is -2.05. The van der Waals surface area contributed by atoms with Crippen LogP contribution in [0, 0.1) is 0 Å². The summed E-state index contributed by atoms with van der Waals surface area (Å²) in [5.74, 6) is 0.00150. The van der Waals surface area contributed by atoms with Crippen LogP contribution in [-0.2, 0) is 9.53 Å². The van der Waals surface area contributed by atoms with Crippen molar-refractivity contribution in [3.8, 4) is 0 Å². The minimum absolute atomic E-state index is 0.00150. The largest absolute Gasteiger partial charge is 0.466 e. The van der Waals surface area contributed by atoms with E-state index in [4.69, 9.17) is 4.74 Å². The van der Waals surface area contributed by atoms with E-state index < -0.39 is 0 Å². The summed E-state index contributed by atoms with van der Waals surface area (Å²) in [6.07, 6.45) is 33.5. The van der Waals surface area contributed by atoms with Gasteiger partial charge in [-0.1, -0.05) is 155 Å². The van der Waals surface area contributed by atoms with Gasteiger partial charge in [0.2, 0.25) is 0 Å².